The minimum atomic E-state index is -3.77. The van der Waals surface area contributed by atoms with Gasteiger partial charge in [-0.3, -0.25) is 10.1 Å². The average molecular weight is 508 g/mol. The first-order valence-corrected chi connectivity index (χ1v) is 14.1. The Labute approximate surface area is 204 Å². The van der Waals surface area contributed by atoms with Crippen molar-refractivity contribution >= 4 is 27.7 Å². The van der Waals surface area contributed by atoms with Crippen LogP contribution in [0.4, 0.5) is 4.39 Å². The molecule has 0 aromatic heterocycles. The lowest BCUT2D eigenvalue weighted by Gasteiger charge is -2.44. The molecule has 1 amide bonds. The number of nitrogens with one attached hydrogen (secondary N) is 1. The van der Waals surface area contributed by atoms with Gasteiger partial charge in [0.2, 0.25) is 15.9 Å². The number of rotatable bonds is 7. The fourth-order valence-corrected chi connectivity index (χ4v) is 6.64. The number of aromatic hydroxyl groups is 1. The molecule has 2 aromatic rings. The molecule has 2 saturated heterocycles. The summed E-state index contributed by atoms with van der Waals surface area (Å²) in [7, 11) is -3.77. The first-order chi connectivity index (χ1) is 16.2. The number of nitrogens with zero attached hydrogens (tertiary/aromatic N) is 2. The van der Waals surface area contributed by atoms with Crippen molar-refractivity contribution in [1.82, 2.24) is 14.5 Å². The number of hydrogen-bond donors (Lipinski definition) is 2. The zero-order chi connectivity index (χ0) is 24.5. The fourth-order valence-electron chi connectivity index (χ4n) is 4.71. The predicted molar refractivity (Wildman–Crippen MR) is 130 cm³/mol. The van der Waals surface area contributed by atoms with E-state index in [-0.39, 0.29) is 41.5 Å². The number of amides is 1. The standard InChI is InChI=1S/C24H30FN3O4S2/c1-17-3-8-20(15-22(17)29)34(31,32)27-12-10-24(11-13-27)26-21(9-14-33-2)23(30)28(24)16-18-4-6-19(25)7-5-18/h3-8,15,21,26,29H,9-14,16H2,1-2H3. The molecule has 0 aliphatic carbocycles. The Bertz CT molecular complexity index is 1150. The Morgan fingerprint density at radius 3 is 2.47 bits per heavy atom. The van der Waals surface area contributed by atoms with Crippen LogP contribution >= 0.6 is 11.8 Å². The zero-order valence-corrected chi connectivity index (χ0v) is 21.0. The van der Waals surface area contributed by atoms with Crippen LogP contribution in [0.2, 0.25) is 0 Å². The van der Waals surface area contributed by atoms with E-state index >= 15 is 0 Å². The Balaban J connectivity index is 1.55. The van der Waals surface area contributed by atoms with Crippen molar-refractivity contribution < 1.29 is 22.7 Å². The smallest absolute Gasteiger partial charge is 0.243 e. The van der Waals surface area contributed by atoms with Crippen molar-refractivity contribution in [1.29, 1.82) is 0 Å². The van der Waals surface area contributed by atoms with Gasteiger partial charge in [0.1, 0.15) is 11.6 Å². The molecule has 2 N–H and O–H groups in total. The summed E-state index contributed by atoms with van der Waals surface area (Å²) in [5.74, 6) is 0.446. The third-order valence-electron chi connectivity index (χ3n) is 6.76. The molecule has 2 aromatic carbocycles. The number of carbonyl (C=O) groups is 1. The highest BCUT2D eigenvalue weighted by Gasteiger charge is 2.52. The molecular formula is C24H30FN3O4S2. The molecule has 0 radical (unpaired) electrons. The Morgan fingerprint density at radius 2 is 1.85 bits per heavy atom. The molecule has 10 heteroatoms. The number of phenolic OH excluding ortho intramolecular Hbond substituents is 1. The second-order valence-electron chi connectivity index (χ2n) is 8.91. The average Bonchev–Trinajstić information content (AvgIpc) is 3.06. The molecule has 34 heavy (non-hydrogen) atoms. The Kier molecular flexibility index (Phi) is 7.23. The lowest BCUT2D eigenvalue weighted by atomic mass is 9.96. The quantitative estimate of drug-likeness (QED) is 0.599. The first kappa shape index (κ1) is 25.0. The van der Waals surface area contributed by atoms with Crippen molar-refractivity contribution in [2.45, 2.75) is 49.3 Å². The number of carbonyl (C=O) groups excluding carboxylic acids is 1. The van der Waals surface area contributed by atoms with Gasteiger partial charge in [0.15, 0.2) is 0 Å². The lowest BCUT2D eigenvalue weighted by Crippen LogP contribution is -2.59. The van der Waals surface area contributed by atoms with E-state index in [1.807, 2.05) is 11.2 Å². The number of thioether (sulfide) groups is 1. The maximum absolute atomic E-state index is 13.4. The minimum absolute atomic E-state index is 0.00172. The van der Waals surface area contributed by atoms with Gasteiger partial charge in [-0.1, -0.05) is 18.2 Å². The molecule has 1 spiro atoms. The van der Waals surface area contributed by atoms with Crippen molar-refractivity contribution in [3.05, 3.63) is 59.4 Å². The van der Waals surface area contributed by atoms with Gasteiger partial charge in [-0.25, -0.2) is 12.8 Å². The number of piperidine rings is 1. The highest BCUT2D eigenvalue weighted by molar-refractivity contribution is 7.98. The van der Waals surface area contributed by atoms with Crippen LogP contribution in [0.5, 0.6) is 5.75 Å². The minimum Gasteiger partial charge on any atom is -0.508 e. The predicted octanol–water partition coefficient (Wildman–Crippen LogP) is 3.07. The van der Waals surface area contributed by atoms with Crippen molar-refractivity contribution in [2.24, 2.45) is 0 Å². The summed E-state index contributed by atoms with van der Waals surface area (Å²) in [4.78, 5) is 15.2. The number of benzene rings is 2. The van der Waals surface area contributed by atoms with Gasteiger partial charge in [0.25, 0.3) is 0 Å². The van der Waals surface area contributed by atoms with Gasteiger partial charge < -0.3 is 10.0 Å². The van der Waals surface area contributed by atoms with Crippen LogP contribution in [0, 0.1) is 12.7 Å². The summed E-state index contributed by atoms with van der Waals surface area (Å²) >= 11 is 1.68. The Morgan fingerprint density at radius 1 is 1.18 bits per heavy atom. The fraction of sp³-hybridized carbons (Fsp3) is 0.458. The van der Waals surface area contributed by atoms with Gasteiger partial charge in [-0.2, -0.15) is 16.1 Å². The molecule has 2 aliphatic heterocycles. The monoisotopic (exact) mass is 507 g/mol. The summed E-state index contributed by atoms with van der Waals surface area (Å²) < 4.78 is 41.2. The topological polar surface area (TPSA) is 89.9 Å². The van der Waals surface area contributed by atoms with E-state index in [0.717, 1.165) is 11.3 Å². The highest BCUT2D eigenvalue weighted by Crippen LogP contribution is 2.36. The van der Waals surface area contributed by atoms with E-state index in [1.54, 1.807) is 36.9 Å². The summed E-state index contributed by atoms with van der Waals surface area (Å²) in [6, 6.07) is 10.2. The third-order valence-corrected chi connectivity index (χ3v) is 9.29. The highest BCUT2D eigenvalue weighted by atomic mass is 32.2. The number of halogens is 1. The van der Waals surface area contributed by atoms with Crippen LogP contribution < -0.4 is 5.32 Å². The van der Waals surface area contributed by atoms with Crippen LogP contribution in [0.3, 0.4) is 0 Å². The number of phenols is 1. The van der Waals surface area contributed by atoms with Crippen LogP contribution in [-0.2, 0) is 21.4 Å². The zero-order valence-electron chi connectivity index (χ0n) is 19.3. The van der Waals surface area contributed by atoms with E-state index < -0.39 is 15.7 Å². The lowest BCUT2D eigenvalue weighted by molar-refractivity contribution is -0.134. The molecule has 4 rings (SSSR count). The summed E-state index contributed by atoms with van der Waals surface area (Å²) in [6.45, 7) is 2.53. The van der Waals surface area contributed by atoms with Gasteiger partial charge in [0.05, 0.1) is 16.6 Å². The molecular weight excluding hydrogens is 477 g/mol. The number of aryl methyl sites for hydroxylation is 1. The Hall–Kier alpha value is -2.14. The molecule has 1 unspecified atom stereocenters. The van der Waals surface area contributed by atoms with Crippen molar-refractivity contribution in [3.8, 4) is 5.75 Å². The number of sulfonamides is 1. The molecule has 2 aliphatic rings. The first-order valence-electron chi connectivity index (χ1n) is 11.3. The van der Waals surface area contributed by atoms with Crippen LogP contribution in [0.1, 0.15) is 30.4 Å². The molecule has 184 valence electrons. The largest absolute Gasteiger partial charge is 0.508 e. The maximum Gasteiger partial charge on any atom is 0.243 e. The van der Waals surface area contributed by atoms with E-state index in [9.17, 15) is 22.7 Å². The van der Waals surface area contributed by atoms with E-state index in [0.29, 0.717) is 31.4 Å². The van der Waals surface area contributed by atoms with E-state index in [2.05, 4.69) is 5.32 Å². The van der Waals surface area contributed by atoms with E-state index in [1.165, 1.54) is 28.6 Å². The number of hydrogen-bond acceptors (Lipinski definition) is 6. The summed E-state index contributed by atoms with van der Waals surface area (Å²) in [5.41, 5.74) is 0.778. The molecule has 2 fully saturated rings. The van der Waals surface area contributed by atoms with Crippen LogP contribution in [0.25, 0.3) is 0 Å². The molecule has 2 heterocycles. The van der Waals surface area contributed by atoms with Gasteiger partial charge in [-0.05, 0) is 67.5 Å². The third kappa shape index (κ3) is 4.82. The van der Waals surface area contributed by atoms with Gasteiger partial charge >= 0.3 is 0 Å². The molecule has 7 nitrogen and oxygen atoms in total. The maximum atomic E-state index is 13.4. The van der Waals surface area contributed by atoms with Gasteiger partial charge in [0, 0.05) is 25.7 Å². The van der Waals surface area contributed by atoms with Gasteiger partial charge in [-0.15, -0.1) is 0 Å². The second-order valence-corrected chi connectivity index (χ2v) is 11.8. The molecule has 0 bridgehead atoms. The molecule has 0 saturated carbocycles. The van der Waals surface area contributed by atoms with Crippen LogP contribution in [0.15, 0.2) is 47.4 Å². The van der Waals surface area contributed by atoms with Crippen molar-refractivity contribution in [3.63, 3.8) is 0 Å². The normalized spacial score (nSPS) is 20.9. The van der Waals surface area contributed by atoms with E-state index in [4.69, 9.17) is 0 Å². The van der Waals surface area contributed by atoms with Crippen molar-refractivity contribution in [2.75, 3.05) is 25.1 Å². The summed E-state index contributed by atoms with van der Waals surface area (Å²) in [5, 5.41) is 13.5. The summed E-state index contributed by atoms with van der Waals surface area (Å²) in [6.07, 6.45) is 3.56. The second kappa shape index (κ2) is 9.85. The SMILES string of the molecule is CSCCC1NC2(CCN(S(=O)(=O)c3ccc(C)c(O)c3)CC2)N(Cc2ccc(F)cc2)C1=O. The van der Waals surface area contributed by atoms with Crippen LogP contribution in [-0.4, -0.2) is 65.4 Å². The molecule has 1 atom stereocenters.